The fraction of sp³-hybridized carbons (Fsp3) is 0.273. The van der Waals surface area contributed by atoms with Crippen LogP contribution in [0, 0.1) is 5.82 Å². The van der Waals surface area contributed by atoms with Gasteiger partial charge in [0.2, 0.25) is 0 Å². The van der Waals surface area contributed by atoms with Crippen LogP contribution in [0.2, 0.25) is 0 Å². The second-order valence-corrected chi connectivity index (χ2v) is 6.89. The first kappa shape index (κ1) is 22.1. The number of ether oxygens (including phenoxy) is 2. The lowest BCUT2D eigenvalue weighted by Crippen LogP contribution is -2.31. The van der Waals surface area contributed by atoms with E-state index in [2.05, 4.69) is 5.32 Å². The summed E-state index contributed by atoms with van der Waals surface area (Å²) in [5.74, 6) is -3.12. The van der Waals surface area contributed by atoms with E-state index < -0.39 is 35.6 Å². The summed E-state index contributed by atoms with van der Waals surface area (Å²) < 4.78 is 23.7. The molecule has 1 heterocycles. The summed E-state index contributed by atoms with van der Waals surface area (Å²) in [5, 5.41) is 2.34. The van der Waals surface area contributed by atoms with Crippen LogP contribution in [-0.4, -0.2) is 55.0 Å². The van der Waals surface area contributed by atoms with Gasteiger partial charge in [-0.25, -0.2) is 9.18 Å². The van der Waals surface area contributed by atoms with Crippen LogP contribution in [0.15, 0.2) is 42.5 Å². The number of rotatable bonds is 8. The predicted octanol–water partition coefficient (Wildman–Crippen LogP) is 2.64. The average Bonchev–Trinajstić information content (AvgIpc) is 2.99. The number of anilines is 1. The van der Waals surface area contributed by atoms with Crippen LogP contribution in [0.4, 0.5) is 10.1 Å². The van der Waals surface area contributed by atoms with E-state index in [1.165, 1.54) is 50.4 Å². The molecule has 0 fully saturated rings. The highest BCUT2D eigenvalue weighted by Gasteiger charge is 2.36. The van der Waals surface area contributed by atoms with E-state index in [0.717, 1.165) is 4.90 Å². The first-order valence-corrected chi connectivity index (χ1v) is 9.59. The van der Waals surface area contributed by atoms with Gasteiger partial charge in [-0.05, 0) is 43.7 Å². The van der Waals surface area contributed by atoms with Crippen LogP contribution < -0.4 is 5.32 Å². The molecule has 0 spiro atoms. The summed E-state index contributed by atoms with van der Waals surface area (Å²) >= 11 is 0. The highest BCUT2D eigenvalue weighted by molar-refractivity contribution is 6.22. The number of hydrogen-bond acceptors (Lipinski definition) is 6. The number of nitrogens with zero attached hydrogens (tertiary/aromatic N) is 1. The summed E-state index contributed by atoms with van der Waals surface area (Å²) in [7, 11) is 1.53. The number of para-hydroxylation sites is 1. The zero-order valence-corrected chi connectivity index (χ0v) is 17.0. The Kier molecular flexibility index (Phi) is 6.76. The van der Waals surface area contributed by atoms with Crippen LogP contribution in [0.1, 0.15) is 44.4 Å². The Morgan fingerprint density at radius 1 is 1.10 bits per heavy atom. The van der Waals surface area contributed by atoms with Crippen LogP contribution in [0.25, 0.3) is 0 Å². The molecule has 0 bridgehead atoms. The molecule has 0 radical (unpaired) electrons. The molecule has 1 atom stereocenters. The highest BCUT2D eigenvalue weighted by Crippen LogP contribution is 2.25. The minimum Gasteiger partial charge on any atom is -0.449 e. The highest BCUT2D eigenvalue weighted by atomic mass is 19.1. The van der Waals surface area contributed by atoms with Crippen LogP contribution in [0.3, 0.4) is 0 Å². The molecule has 0 saturated carbocycles. The molecule has 3 amide bonds. The number of amides is 3. The van der Waals surface area contributed by atoms with Gasteiger partial charge < -0.3 is 14.8 Å². The fourth-order valence-corrected chi connectivity index (χ4v) is 3.07. The molecule has 162 valence electrons. The molecule has 0 aromatic heterocycles. The molecule has 1 N–H and O–H groups in total. The molecule has 0 unspecified atom stereocenters. The smallest absolute Gasteiger partial charge is 0.338 e. The molecular formula is C22H21FN2O6. The van der Waals surface area contributed by atoms with E-state index >= 15 is 0 Å². The monoisotopic (exact) mass is 428 g/mol. The van der Waals surface area contributed by atoms with Crippen molar-refractivity contribution in [3.05, 3.63) is 65.0 Å². The summed E-state index contributed by atoms with van der Waals surface area (Å²) in [6.07, 6.45) is -0.728. The Morgan fingerprint density at radius 3 is 2.52 bits per heavy atom. The number of benzene rings is 2. The van der Waals surface area contributed by atoms with Gasteiger partial charge in [-0.3, -0.25) is 19.3 Å². The van der Waals surface area contributed by atoms with Gasteiger partial charge in [0.25, 0.3) is 17.7 Å². The second-order valence-electron chi connectivity index (χ2n) is 6.89. The van der Waals surface area contributed by atoms with E-state index in [1.807, 2.05) is 0 Å². The second kappa shape index (κ2) is 9.48. The SMILES string of the molecule is COCCCN1C(=O)c2ccc(C(=O)O[C@H](C)C(=O)Nc3ccccc3F)cc2C1=O. The van der Waals surface area contributed by atoms with Crippen molar-refractivity contribution in [1.82, 2.24) is 4.90 Å². The standard InChI is InChI=1S/C22H21FN2O6/c1-13(19(26)24-18-7-4-3-6-17(18)23)31-22(29)14-8-9-15-16(12-14)21(28)25(20(15)27)10-5-11-30-2/h3-4,6-9,12-13H,5,10-11H2,1-2H3,(H,24,26)/t13-/m1/s1. The predicted molar refractivity (Wildman–Crippen MR) is 108 cm³/mol. The maximum absolute atomic E-state index is 13.7. The topological polar surface area (TPSA) is 102 Å². The van der Waals surface area contributed by atoms with Crippen molar-refractivity contribution in [1.29, 1.82) is 0 Å². The van der Waals surface area contributed by atoms with E-state index in [9.17, 15) is 23.6 Å². The first-order valence-electron chi connectivity index (χ1n) is 9.59. The van der Waals surface area contributed by atoms with Crippen molar-refractivity contribution in [2.24, 2.45) is 0 Å². The third-order valence-corrected chi connectivity index (χ3v) is 4.72. The molecule has 2 aromatic carbocycles. The van der Waals surface area contributed by atoms with Crippen LogP contribution >= 0.6 is 0 Å². The van der Waals surface area contributed by atoms with Gasteiger partial charge in [0.15, 0.2) is 6.10 Å². The molecule has 0 aliphatic carbocycles. The molecule has 9 heteroatoms. The Bertz CT molecular complexity index is 1040. The van der Waals surface area contributed by atoms with E-state index in [4.69, 9.17) is 9.47 Å². The van der Waals surface area contributed by atoms with Gasteiger partial charge in [-0.2, -0.15) is 0 Å². The summed E-state index contributed by atoms with van der Waals surface area (Å²) in [5.41, 5.74) is 0.277. The van der Waals surface area contributed by atoms with Gasteiger partial charge in [-0.15, -0.1) is 0 Å². The Hall–Kier alpha value is -3.59. The number of carbonyl (C=O) groups excluding carboxylic acids is 4. The number of halogens is 1. The van der Waals surface area contributed by atoms with E-state index in [-0.39, 0.29) is 28.9 Å². The largest absolute Gasteiger partial charge is 0.449 e. The number of esters is 1. The number of carbonyl (C=O) groups is 4. The fourth-order valence-electron chi connectivity index (χ4n) is 3.07. The van der Waals surface area contributed by atoms with Crippen LogP contribution in [0.5, 0.6) is 0 Å². The van der Waals surface area contributed by atoms with Gasteiger partial charge in [-0.1, -0.05) is 12.1 Å². The maximum atomic E-state index is 13.7. The minimum atomic E-state index is -1.22. The molecule has 1 aliphatic heterocycles. The van der Waals surface area contributed by atoms with Crippen molar-refractivity contribution >= 4 is 29.4 Å². The number of hydrogen-bond donors (Lipinski definition) is 1. The molecule has 1 aliphatic rings. The Morgan fingerprint density at radius 2 is 1.81 bits per heavy atom. The molecular weight excluding hydrogens is 407 g/mol. The van der Waals surface area contributed by atoms with E-state index in [1.54, 1.807) is 6.07 Å². The van der Waals surface area contributed by atoms with Gasteiger partial charge in [0.05, 0.1) is 22.4 Å². The lowest BCUT2D eigenvalue weighted by Gasteiger charge is -2.14. The molecule has 0 saturated heterocycles. The molecule has 31 heavy (non-hydrogen) atoms. The molecule has 8 nitrogen and oxygen atoms in total. The third-order valence-electron chi connectivity index (χ3n) is 4.72. The van der Waals surface area contributed by atoms with Crippen molar-refractivity contribution in [2.45, 2.75) is 19.4 Å². The molecule has 2 aromatic rings. The average molecular weight is 428 g/mol. The first-order chi connectivity index (χ1) is 14.8. The number of methoxy groups -OCH3 is 1. The Labute approximate surface area is 177 Å². The van der Waals surface area contributed by atoms with Crippen molar-refractivity contribution < 1.29 is 33.0 Å². The minimum absolute atomic E-state index is 0.0178. The molecule has 3 rings (SSSR count). The lowest BCUT2D eigenvalue weighted by atomic mass is 10.1. The number of nitrogens with one attached hydrogen (secondary N) is 1. The summed E-state index contributed by atoms with van der Waals surface area (Å²) in [4.78, 5) is 50.7. The van der Waals surface area contributed by atoms with Crippen LogP contribution in [-0.2, 0) is 14.3 Å². The number of fused-ring (bicyclic) bond motifs is 1. The van der Waals surface area contributed by atoms with Crippen molar-refractivity contribution in [3.63, 3.8) is 0 Å². The summed E-state index contributed by atoms with van der Waals surface area (Å²) in [6.45, 7) is 1.94. The maximum Gasteiger partial charge on any atom is 0.338 e. The lowest BCUT2D eigenvalue weighted by molar-refractivity contribution is -0.123. The van der Waals surface area contributed by atoms with Gasteiger partial charge in [0, 0.05) is 20.3 Å². The quantitative estimate of drug-likeness (QED) is 0.394. The van der Waals surface area contributed by atoms with Crippen molar-refractivity contribution in [2.75, 3.05) is 25.6 Å². The number of imide groups is 1. The Balaban J connectivity index is 1.67. The zero-order valence-electron chi connectivity index (χ0n) is 17.0. The van der Waals surface area contributed by atoms with Crippen molar-refractivity contribution in [3.8, 4) is 0 Å². The third kappa shape index (κ3) is 4.77. The van der Waals surface area contributed by atoms with E-state index in [0.29, 0.717) is 13.0 Å². The van der Waals surface area contributed by atoms with Gasteiger partial charge >= 0.3 is 5.97 Å². The van der Waals surface area contributed by atoms with Gasteiger partial charge in [0.1, 0.15) is 5.82 Å². The normalized spacial score (nSPS) is 13.7. The summed E-state index contributed by atoms with van der Waals surface area (Å²) in [6, 6.07) is 9.61. The zero-order chi connectivity index (χ0) is 22.5.